The number of benzene rings is 1. The van der Waals surface area contributed by atoms with Crippen molar-refractivity contribution in [2.75, 3.05) is 71.0 Å². The van der Waals surface area contributed by atoms with Gasteiger partial charge in [-0.25, -0.2) is 9.18 Å². The van der Waals surface area contributed by atoms with Gasteiger partial charge in [-0.05, 0) is 88.6 Å². The molecule has 0 aliphatic carbocycles. The monoisotopic (exact) mass is 643 g/mol. The second-order valence-corrected chi connectivity index (χ2v) is 13.0. The molecule has 2 saturated heterocycles. The predicted octanol–water partition coefficient (Wildman–Crippen LogP) is 4.77. The number of fused-ring (bicyclic) bond motifs is 1. The Hall–Kier alpha value is -1.79. The summed E-state index contributed by atoms with van der Waals surface area (Å²) in [7, 11) is 2.09. The normalized spacial score (nSPS) is 19.8. The minimum Gasteiger partial charge on any atom is -0.462 e. The fourth-order valence-electron chi connectivity index (χ4n) is 5.20. The van der Waals surface area contributed by atoms with Crippen molar-refractivity contribution >= 4 is 50.2 Å². The molecular formula is C28H40BrClFN5O4. The standard InChI is InChI=1S/C28H40BrClFN5O4/c1-18-15-34(5)10-11-36(18)26-20-14-21(30)23(29)24(31)25(20)32-27(33-26)39-13-12-35-8-6-19(7-9-35)16-38-17-22(37)40-28(2,3)4/h14,18-19H,6-13,15-17H2,1-5H3/t18-/m0/s1. The topological polar surface area (TPSA) is 80.3 Å². The summed E-state index contributed by atoms with van der Waals surface area (Å²) in [5, 5.41) is 0.856. The molecular weight excluding hydrogens is 605 g/mol. The first-order valence-corrected chi connectivity index (χ1v) is 15.0. The van der Waals surface area contributed by atoms with E-state index in [0.29, 0.717) is 36.9 Å². The van der Waals surface area contributed by atoms with Crippen molar-refractivity contribution in [2.24, 2.45) is 5.92 Å². The van der Waals surface area contributed by atoms with Gasteiger partial charge in [0.15, 0.2) is 5.82 Å². The molecule has 0 saturated carbocycles. The Balaban J connectivity index is 1.33. The summed E-state index contributed by atoms with van der Waals surface area (Å²) >= 11 is 9.56. The smallest absolute Gasteiger partial charge is 0.332 e. The maximum absolute atomic E-state index is 15.3. The van der Waals surface area contributed by atoms with E-state index in [9.17, 15) is 4.79 Å². The number of carbonyl (C=O) groups excluding carboxylic acids is 1. The number of esters is 1. The molecule has 9 nitrogen and oxygen atoms in total. The van der Waals surface area contributed by atoms with Crippen molar-refractivity contribution < 1.29 is 23.4 Å². The molecule has 2 fully saturated rings. The minimum absolute atomic E-state index is 0.0185. The first kappa shape index (κ1) is 31.2. The van der Waals surface area contributed by atoms with E-state index in [1.54, 1.807) is 6.07 Å². The number of hydrogen-bond donors (Lipinski definition) is 0. The number of likely N-dealkylation sites (N-methyl/N-ethyl adjacent to an activating group) is 1. The third-order valence-corrected chi connectivity index (χ3v) is 8.53. The highest BCUT2D eigenvalue weighted by atomic mass is 79.9. The number of carbonyl (C=O) groups is 1. The van der Waals surface area contributed by atoms with Gasteiger partial charge in [0, 0.05) is 37.6 Å². The molecule has 40 heavy (non-hydrogen) atoms. The van der Waals surface area contributed by atoms with Crippen LogP contribution in [0.4, 0.5) is 10.2 Å². The summed E-state index contributed by atoms with van der Waals surface area (Å²) < 4.78 is 32.3. The fourth-order valence-corrected chi connectivity index (χ4v) is 5.69. The Labute approximate surface area is 249 Å². The molecule has 2 aliphatic heterocycles. The molecule has 3 heterocycles. The Bertz CT molecular complexity index is 1190. The molecule has 1 aromatic carbocycles. The van der Waals surface area contributed by atoms with Crippen LogP contribution in [0.3, 0.4) is 0 Å². The Morgan fingerprint density at radius 2 is 1.93 bits per heavy atom. The van der Waals surface area contributed by atoms with E-state index in [1.165, 1.54) is 0 Å². The van der Waals surface area contributed by atoms with Crippen molar-refractivity contribution in [3.05, 3.63) is 21.4 Å². The van der Waals surface area contributed by atoms with Gasteiger partial charge in [0.2, 0.25) is 0 Å². The van der Waals surface area contributed by atoms with Crippen LogP contribution in [-0.2, 0) is 14.3 Å². The summed E-state index contributed by atoms with van der Waals surface area (Å²) in [6, 6.07) is 2.06. The first-order valence-electron chi connectivity index (χ1n) is 13.9. The molecule has 0 spiro atoms. The fraction of sp³-hybridized carbons (Fsp3) is 0.679. The van der Waals surface area contributed by atoms with Gasteiger partial charge in [0.05, 0.1) is 16.1 Å². The van der Waals surface area contributed by atoms with Crippen LogP contribution < -0.4 is 9.64 Å². The Morgan fingerprint density at radius 1 is 1.20 bits per heavy atom. The van der Waals surface area contributed by atoms with Crippen molar-refractivity contribution in [1.82, 2.24) is 19.8 Å². The molecule has 4 rings (SSSR count). The van der Waals surface area contributed by atoms with Gasteiger partial charge >= 0.3 is 12.0 Å². The second kappa shape index (κ2) is 13.5. The number of aromatic nitrogens is 2. The molecule has 2 aromatic rings. The molecule has 0 amide bonds. The van der Waals surface area contributed by atoms with Crippen LogP contribution in [-0.4, -0.2) is 104 Å². The van der Waals surface area contributed by atoms with Crippen LogP contribution in [0.2, 0.25) is 5.02 Å². The molecule has 1 aromatic heterocycles. The van der Waals surface area contributed by atoms with E-state index in [4.69, 9.17) is 30.8 Å². The van der Waals surface area contributed by atoms with Gasteiger partial charge in [-0.15, -0.1) is 0 Å². The maximum Gasteiger partial charge on any atom is 0.332 e. The molecule has 0 unspecified atom stereocenters. The summed E-state index contributed by atoms with van der Waals surface area (Å²) in [5.74, 6) is 0.193. The van der Waals surface area contributed by atoms with E-state index in [0.717, 1.165) is 45.6 Å². The van der Waals surface area contributed by atoms with Gasteiger partial charge in [-0.2, -0.15) is 9.97 Å². The van der Waals surface area contributed by atoms with Crippen molar-refractivity contribution in [2.45, 2.75) is 52.2 Å². The van der Waals surface area contributed by atoms with Crippen LogP contribution in [0.25, 0.3) is 10.9 Å². The Kier molecular flexibility index (Phi) is 10.5. The lowest BCUT2D eigenvalue weighted by Gasteiger charge is -2.39. The Morgan fingerprint density at radius 3 is 2.60 bits per heavy atom. The molecule has 222 valence electrons. The van der Waals surface area contributed by atoms with Gasteiger partial charge in [0.1, 0.15) is 30.1 Å². The first-order chi connectivity index (χ1) is 18.9. The molecule has 1 atom stereocenters. The van der Waals surface area contributed by atoms with Gasteiger partial charge in [-0.1, -0.05) is 11.6 Å². The van der Waals surface area contributed by atoms with E-state index in [2.05, 4.69) is 49.6 Å². The summed E-state index contributed by atoms with van der Waals surface area (Å²) in [4.78, 5) is 27.8. The zero-order valence-electron chi connectivity index (χ0n) is 24.0. The third kappa shape index (κ3) is 8.15. The lowest BCUT2D eigenvalue weighted by Crippen LogP contribution is -2.51. The lowest BCUT2D eigenvalue weighted by atomic mass is 9.98. The maximum atomic E-state index is 15.3. The SMILES string of the molecule is C[C@H]1CN(C)CCN1c1nc(OCCN2CCC(COCC(=O)OC(C)(C)C)CC2)nc2c(F)c(Br)c(Cl)cc12. The van der Waals surface area contributed by atoms with Crippen LogP contribution in [0.1, 0.15) is 40.5 Å². The lowest BCUT2D eigenvalue weighted by molar-refractivity contribution is -0.160. The highest BCUT2D eigenvalue weighted by Gasteiger charge is 2.27. The van der Waals surface area contributed by atoms with E-state index < -0.39 is 11.4 Å². The van der Waals surface area contributed by atoms with Gasteiger partial charge < -0.3 is 24.0 Å². The van der Waals surface area contributed by atoms with E-state index >= 15 is 4.39 Å². The summed E-state index contributed by atoms with van der Waals surface area (Å²) in [5.41, 5.74) is -0.315. The number of nitrogens with zero attached hydrogens (tertiary/aromatic N) is 5. The zero-order valence-corrected chi connectivity index (χ0v) is 26.4. The van der Waals surface area contributed by atoms with Crippen LogP contribution >= 0.6 is 27.5 Å². The van der Waals surface area contributed by atoms with Crippen molar-refractivity contribution in [3.8, 4) is 6.01 Å². The number of halogens is 3. The van der Waals surface area contributed by atoms with Crippen molar-refractivity contribution in [1.29, 1.82) is 0 Å². The molecule has 0 radical (unpaired) electrons. The number of hydrogen-bond acceptors (Lipinski definition) is 9. The summed E-state index contributed by atoms with van der Waals surface area (Å²) in [6.45, 7) is 13.6. The zero-order chi connectivity index (χ0) is 29.0. The van der Waals surface area contributed by atoms with Gasteiger partial charge in [0.25, 0.3) is 0 Å². The number of piperidine rings is 1. The van der Waals surface area contributed by atoms with Crippen LogP contribution in [0, 0.1) is 11.7 Å². The molecule has 2 aliphatic rings. The largest absolute Gasteiger partial charge is 0.462 e. The van der Waals surface area contributed by atoms with Crippen molar-refractivity contribution in [3.63, 3.8) is 0 Å². The quantitative estimate of drug-likeness (QED) is 0.283. The summed E-state index contributed by atoms with van der Waals surface area (Å²) in [6.07, 6.45) is 1.96. The van der Waals surface area contributed by atoms with Gasteiger partial charge in [-0.3, -0.25) is 4.90 Å². The average molecular weight is 645 g/mol. The van der Waals surface area contributed by atoms with E-state index in [1.807, 2.05) is 20.8 Å². The number of rotatable bonds is 9. The highest BCUT2D eigenvalue weighted by Crippen LogP contribution is 2.37. The van der Waals surface area contributed by atoms with Crippen LogP contribution in [0.15, 0.2) is 10.5 Å². The second-order valence-electron chi connectivity index (χ2n) is 11.8. The highest BCUT2D eigenvalue weighted by molar-refractivity contribution is 9.10. The van der Waals surface area contributed by atoms with E-state index in [-0.39, 0.29) is 39.6 Å². The number of anilines is 1. The number of ether oxygens (including phenoxy) is 3. The number of likely N-dealkylation sites (tertiary alicyclic amines) is 1. The molecule has 0 N–H and O–H groups in total. The third-order valence-electron chi connectivity index (χ3n) is 7.23. The number of piperazine rings is 1. The molecule has 12 heteroatoms. The average Bonchev–Trinajstić information content (AvgIpc) is 2.87. The predicted molar refractivity (Wildman–Crippen MR) is 158 cm³/mol. The van der Waals surface area contributed by atoms with Crippen LogP contribution in [0.5, 0.6) is 6.01 Å². The molecule has 0 bridgehead atoms. The minimum atomic E-state index is -0.520.